The Morgan fingerprint density at radius 2 is 1.67 bits per heavy atom. The van der Waals surface area contributed by atoms with E-state index in [1.807, 2.05) is 11.9 Å². The Bertz CT molecular complexity index is 694. The second-order valence-corrected chi connectivity index (χ2v) is 9.96. The van der Waals surface area contributed by atoms with Gasteiger partial charge in [0, 0.05) is 25.2 Å². The molecule has 0 aromatic heterocycles. The van der Waals surface area contributed by atoms with Gasteiger partial charge in [0.1, 0.15) is 0 Å². The number of hydrogen-bond donors (Lipinski definition) is 0. The van der Waals surface area contributed by atoms with E-state index in [9.17, 15) is 4.79 Å². The van der Waals surface area contributed by atoms with Crippen molar-refractivity contribution in [3.05, 3.63) is 29.8 Å². The van der Waals surface area contributed by atoms with E-state index < -0.39 is 0 Å². The van der Waals surface area contributed by atoms with Crippen molar-refractivity contribution in [2.24, 2.45) is 17.3 Å². The molecule has 146 valence electrons. The standard InChI is InChI=1S/C24H34N2O/c1-25-22-5-3-2-4-20(22)17-24(9-8-23(25)27)10-12-26(13-11-24)21-15-18-6-7-19(14-18)16-21/h2-5,18-19,21H,6-17H2,1H3. The summed E-state index contributed by atoms with van der Waals surface area (Å²) < 4.78 is 0. The highest BCUT2D eigenvalue weighted by Gasteiger charge is 2.41. The summed E-state index contributed by atoms with van der Waals surface area (Å²) in [6.45, 7) is 2.49. The van der Waals surface area contributed by atoms with Gasteiger partial charge in [0.15, 0.2) is 0 Å². The van der Waals surface area contributed by atoms with Crippen molar-refractivity contribution in [3.63, 3.8) is 0 Å². The van der Waals surface area contributed by atoms with Crippen LogP contribution in [0.2, 0.25) is 0 Å². The number of piperidine rings is 1. The molecule has 3 fully saturated rings. The van der Waals surface area contributed by atoms with Gasteiger partial charge in [0.05, 0.1) is 0 Å². The van der Waals surface area contributed by atoms with E-state index in [2.05, 4.69) is 29.2 Å². The van der Waals surface area contributed by atoms with Crippen LogP contribution in [0.5, 0.6) is 0 Å². The molecule has 1 spiro atoms. The lowest BCUT2D eigenvalue weighted by Gasteiger charge is -2.47. The van der Waals surface area contributed by atoms with Crippen molar-refractivity contribution in [3.8, 4) is 0 Å². The number of amides is 1. The predicted molar refractivity (Wildman–Crippen MR) is 110 cm³/mol. The molecular weight excluding hydrogens is 332 g/mol. The largest absolute Gasteiger partial charge is 0.315 e. The number of anilines is 1. The Morgan fingerprint density at radius 3 is 2.41 bits per heavy atom. The maximum absolute atomic E-state index is 12.7. The first-order valence-corrected chi connectivity index (χ1v) is 11.2. The Balaban J connectivity index is 1.31. The van der Waals surface area contributed by atoms with Crippen LogP contribution in [0.15, 0.2) is 24.3 Å². The highest BCUT2D eigenvalue weighted by molar-refractivity contribution is 5.93. The lowest BCUT2D eigenvalue weighted by atomic mass is 9.69. The second kappa shape index (κ2) is 6.92. The van der Waals surface area contributed by atoms with E-state index in [0.29, 0.717) is 11.8 Å². The molecule has 3 heteroatoms. The molecule has 27 heavy (non-hydrogen) atoms. The number of carbonyl (C=O) groups excluding carboxylic acids is 1. The van der Waals surface area contributed by atoms with E-state index in [4.69, 9.17) is 0 Å². The van der Waals surface area contributed by atoms with Gasteiger partial charge in [0.25, 0.3) is 0 Å². The number of hydrogen-bond acceptors (Lipinski definition) is 2. The summed E-state index contributed by atoms with van der Waals surface area (Å²) in [5, 5.41) is 0. The lowest BCUT2D eigenvalue weighted by Crippen LogP contribution is -2.48. The number of nitrogens with zero attached hydrogens (tertiary/aromatic N) is 2. The molecule has 1 saturated heterocycles. The molecule has 4 aliphatic rings. The zero-order valence-corrected chi connectivity index (χ0v) is 16.8. The third kappa shape index (κ3) is 3.33. The fraction of sp³-hybridized carbons (Fsp3) is 0.708. The van der Waals surface area contributed by atoms with Crippen LogP contribution in [0.1, 0.15) is 63.4 Å². The fourth-order valence-corrected chi connectivity index (χ4v) is 6.71. The molecule has 5 rings (SSSR count). The van der Waals surface area contributed by atoms with Crippen LogP contribution < -0.4 is 4.90 Å². The van der Waals surface area contributed by atoms with Crippen molar-refractivity contribution in [2.75, 3.05) is 25.0 Å². The van der Waals surface area contributed by atoms with Crippen LogP contribution in [0, 0.1) is 17.3 Å². The minimum Gasteiger partial charge on any atom is -0.315 e. The van der Waals surface area contributed by atoms with Crippen molar-refractivity contribution in [1.82, 2.24) is 4.90 Å². The topological polar surface area (TPSA) is 23.6 Å². The number of benzene rings is 1. The maximum Gasteiger partial charge on any atom is 0.226 e. The summed E-state index contributed by atoms with van der Waals surface area (Å²) in [4.78, 5) is 17.4. The molecule has 3 nitrogen and oxygen atoms in total. The average molecular weight is 367 g/mol. The highest BCUT2D eigenvalue weighted by atomic mass is 16.2. The SMILES string of the molecule is CN1C(=O)CCC2(CCN(C3CC4CCC(C4)C3)CC2)Cc2ccccc21. The molecule has 2 saturated carbocycles. The van der Waals surface area contributed by atoms with E-state index in [-0.39, 0.29) is 5.91 Å². The van der Waals surface area contributed by atoms with Gasteiger partial charge in [0.2, 0.25) is 5.91 Å². The summed E-state index contributed by atoms with van der Waals surface area (Å²) in [6, 6.07) is 9.43. The summed E-state index contributed by atoms with van der Waals surface area (Å²) in [5.74, 6) is 2.32. The van der Waals surface area contributed by atoms with Crippen LogP contribution in [-0.4, -0.2) is 37.0 Å². The molecule has 2 aliphatic heterocycles. The smallest absolute Gasteiger partial charge is 0.226 e. The Kier molecular flexibility index (Phi) is 4.54. The monoisotopic (exact) mass is 366 g/mol. The van der Waals surface area contributed by atoms with E-state index in [1.54, 1.807) is 0 Å². The summed E-state index contributed by atoms with van der Waals surface area (Å²) in [7, 11) is 1.94. The molecule has 1 aromatic carbocycles. The molecular formula is C24H34N2O. The fourth-order valence-electron chi connectivity index (χ4n) is 6.71. The highest BCUT2D eigenvalue weighted by Crippen LogP contribution is 2.47. The number of rotatable bonds is 1. The zero-order chi connectivity index (χ0) is 18.4. The minimum absolute atomic E-state index is 0.285. The quantitative estimate of drug-likeness (QED) is 0.722. The Morgan fingerprint density at radius 1 is 0.963 bits per heavy atom. The number of carbonyl (C=O) groups is 1. The van der Waals surface area contributed by atoms with Crippen molar-refractivity contribution >= 4 is 11.6 Å². The second-order valence-electron chi connectivity index (χ2n) is 9.96. The predicted octanol–water partition coefficient (Wildman–Crippen LogP) is 4.65. The molecule has 1 aromatic rings. The average Bonchev–Trinajstić information content (AvgIpc) is 3.03. The van der Waals surface area contributed by atoms with Gasteiger partial charge >= 0.3 is 0 Å². The molecule has 0 radical (unpaired) electrons. The first-order valence-electron chi connectivity index (χ1n) is 11.2. The third-order valence-corrected chi connectivity index (χ3v) is 8.40. The molecule has 2 aliphatic carbocycles. The van der Waals surface area contributed by atoms with Crippen LogP contribution in [0.4, 0.5) is 5.69 Å². The minimum atomic E-state index is 0.285. The van der Waals surface area contributed by atoms with Crippen molar-refractivity contribution < 1.29 is 4.79 Å². The van der Waals surface area contributed by atoms with Gasteiger partial charge in [-0.05, 0) is 86.9 Å². The molecule has 2 bridgehead atoms. The van der Waals surface area contributed by atoms with Crippen molar-refractivity contribution in [1.29, 1.82) is 0 Å². The molecule has 2 unspecified atom stereocenters. The summed E-state index contributed by atoms with van der Waals surface area (Å²) in [6.07, 6.45) is 12.9. The van der Waals surface area contributed by atoms with E-state index in [0.717, 1.165) is 36.4 Å². The number of para-hydroxylation sites is 1. The molecule has 2 heterocycles. The van der Waals surface area contributed by atoms with Gasteiger partial charge in [-0.2, -0.15) is 0 Å². The van der Waals surface area contributed by atoms with Gasteiger partial charge in [-0.1, -0.05) is 31.0 Å². The zero-order valence-electron chi connectivity index (χ0n) is 16.8. The molecule has 1 amide bonds. The van der Waals surface area contributed by atoms with Crippen LogP contribution in [-0.2, 0) is 11.2 Å². The first-order chi connectivity index (χ1) is 13.1. The van der Waals surface area contributed by atoms with Crippen LogP contribution in [0.3, 0.4) is 0 Å². The van der Waals surface area contributed by atoms with Gasteiger partial charge in [-0.15, -0.1) is 0 Å². The van der Waals surface area contributed by atoms with Gasteiger partial charge in [-0.25, -0.2) is 0 Å². The van der Waals surface area contributed by atoms with E-state index >= 15 is 0 Å². The summed E-state index contributed by atoms with van der Waals surface area (Å²) in [5.41, 5.74) is 2.84. The van der Waals surface area contributed by atoms with Gasteiger partial charge < -0.3 is 9.80 Å². The Labute approximate surface area is 164 Å². The van der Waals surface area contributed by atoms with Crippen LogP contribution in [0.25, 0.3) is 0 Å². The van der Waals surface area contributed by atoms with Crippen LogP contribution >= 0.6 is 0 Å². The number of likely N-dealkylation sites (tertiary alicyclic amines) is 1. The lowest BCUT2D eigenvalue weighted by molar-refractivity contribution is -0.119. The normalized spacial score (nSPS) is 33.6. The summed E-state index contributed by atoms with van der Waals surface area (Å²) >= 11 is 0. The maximum atomic E-state index is 12.7. The third-order valence-electron chi connectivity index (χ3n) is 8.40. The molecule has 0 N–H and O–H groups in total. The molecule has 2 atom stereocenters. The van der Waals surface area contributed by atoms with Crippen molar-refractivity contribution in [2.45, 2.75) is 70.3 Å². The first kappa shape index (κ1) is 17.7. The van der Waals surface area contributed by atoms with Gasteiger partial charge in [-0.3, -0.25) is 4.79 Å². The number of fused-ring (bicyclic) bond motifs is 3. The Hall–Kier alpha value is -1.35. The van der Waals surface area contributed by atoms with E-state index in [1.165, 1.54) is 63.6 Å².